The van der Waals surface area contributed by atoms with E-state index in [1.807, 2.05) is 0 Å². The number of anilines is 1. The third-order valence-corrected chi connectivity index (χ3v) is 2.72. The summed E-state index contributed by atoms with van der Waals surface area (Å²) in [5.41, 5.74) is 2.94. The van der Waals surface area contributed by atoms with Gasteiger partial charge in [-0.25, -0.2) is 0 Å². The molecule has 0 spiro atoms. The Kier molecular flexibility index (Phi) is 4.24. The number of aromatic nitrogens is 1. The van der Waals surface area contributed by atoms with Crippen LogP contribution in [-0.2, 0) is 6.18 Å². The number of nitrogens with one attached hydrogen (secondary N) is 1. The van der Waals surface area contributed by atoms with E-state index in [4.69, 9.17) is 11.6 Å². The summed E-state index contributed by atoms with van der Waals surface area (Å²) in [6, 6.07) is 7.84. The predicted molar refractivity (Wildman–Crippen MR) is 71.7 cm³/mol. The van der Waals surface area contributed by atoms with Crippen molar-refractivity contribution in [3.05, 3.63) is 59.9 Å². The molecule has 7 heteroatoms. The van der Waals surface area contributed by atoms with E-state index in [9.17, 15) is 13.2 Å². The number of nitrogens with zero attached hydrogens (tertiary/aromatic N) is 2. The van der Waals surface area contributed by atoms with Crippen molar-refractivity contribution < 1.29 is 13.2 Å². The molecule has 0 amide bonds. The molecule has 2 rings (SSSR count). The van der Waals surface area contributed by atoms with E-state index in [0.717, 1.165) is 12.1 Å². The Morgan fingerprint density at radius 1 is 1.05 bits per heavy atom. The van der Waals surface area contributed by atoms with Crippen LogP contribution in [0.1, 0.15) is 11.1 Å². The monoisotopic (exact) mass is 299 g/mol. The molecule has 0 atom stereocenters. The van der Waals surface area contributed by atoms with Crippen molar-refractivity contribution in [2.45, 2.75) is 6.18 Å². The number of hydrogen-bond donors (Lipinski definition) is 1. The van der Waals surface area contributed by atoms with Crippen LogP contribution in [0.15, 0.2) is 53.9 Å². The molecule has 0 fully saturated rings. The fourth-order valence-corrected chi connectivity index (χ4v) is 1.57. The molecule has 2 aromatic rings. The molecule has 1 heterocycles. The lowest BCUT2D eigenvalue weighted by Crippen LogP contribution is -2.04. The topological polar surface area (TPSA) is 37.3 Å². The summed E-state index contributed by atoms with van der Waals surface area (Å²) in [7, 11) is 0. The number of alkyl halides is 3. The molecule has 0 saturated heterocycles. The lowest BCUT2D eigenvalue weighted by atomic mass is 10.2. The van der Waals surface area contributed by atoms with Gasteiger partial charge in [0.05, 0.1) is 11.3 Å². The normalized spacial score (nSPS) is 12.3. The minimum atomic E-state index is -4.35. The van der Waals surface area contributed by atoms with Gasteiger partial charge in [0.1, 0.15) is 0 Å². The average Bonchev–Trinajstić information content (AvgIpc) is 2.45. The first-order chi connectivity index (χ1) is 9.47. The van der Waals surface area contributed by atoms with Crippen LogP contribution in [0.5, 0.6) is 0 Å². The fourth-order valence-electron chi connectivity index (χ4n) is 1.40. The number of benzene rings is 1. The second kappa shape index (κ2) is 5.92. The third kappa shape index (κ3) is 3.71. The molecule has 0 saturated carbocycles. The summed E-state index contributed by atoms with van der Waals surface area (Å²) in [5, 5.41) is 4.07. The van der Waals surface area contributed by atoms with Crippen molar-refractivity contribution in [3.8, 4) is 0 Å². The summed E-state index contributed by atoms with van der Waals surface area (Å²) in [4.78, 5) is 3.84. The molecule has 1 aromatic heterocycles. The van der Waals surface area contributed by atoms with E-state index in [1.54, 1.807) is 24.5 Å². The van der Waals surface area contributed by atoms with Gasteiger partial charge in [-0.2, -0.15) is 18.3 Å². The fraction of sp³-hybridized carbons (Fsp3) is 0.0769. The first-order valence-electron chi connectivity index (χ1n) is 5.53. The Bertz CT molecular complexity index is 595. The van der Waals surface area contributed by atoms with Crippen LogP contribution in [0.25, 0.3) is 0 Å². The molecular formula is C13H9ClF3N3. The van der Waals surface area contributed by atoms with Crippen LogP contribution in [0.4, 0.5) is 18.9 Å². The van der Waals surface area contributed by atoms with Gasteiger partial charge in [-0.05, 0) is 36.4 Å². The molecule has 20 heavy (non-hydrogen) atoms. The zero-order valence-corrected chi connectivity index (χ0v) is 10.8. The number of hydrazone groups is 1. The maximum absolute atomic E-state index is 12.4. The van der Waals surface area contributed by atoms with Gasteiger partial charge in [0, 0.05) is 18.0 Å². The quantitative estimate of drug-likeness (QED) is 0.684. The first kappa shape index (κ1) is 14.3. The summed E-state index contributed by atoms with van der Waals surface area (Å²) in [6.07, 6.45) is -1.23. The van der Waals surface area contributed by atoms with Gasteiger partial charge in [0.15, 0.2) is 5.17 Å². The molecule has 0 aliphatic carbocycles. The van der Waals surface area contributed by atoms with Gasteiger partial charge in [-0.3, -0.25) is 10.4 Å². The molecule has 3 nitrogen and oxygen atoms in total. The summed E-state index contributed by atoms with van der Waals surface area (Å²) in [6.45, 7) is 0. The van der Waals surface area contributed by atoms with Gasteiger partial charge >= 0.3 is 6.18 Å². The summed E-state index contributed by atoms with van der Waals surface area (Å²) >= 11 is 5.94. The Morgan fingerprint density at radius 3 is 2.20 bits per heavy atom. The van der Waals surface area contributed by atoms with Gasteiger partial charge in [0.2, 0.25) is 0 Å². The maximum atomic E-state index is 12.4. The van der Waals surface area contributed by atoms with Crippen LogP contribution in [0, 0.1) is 0 Å². The average molecular weight is 300 g/mol. The van der Waals surface area contributed by atoms with E-state index in [0.29, 0.717) is 11.3 Å². The lowest BCUT2D eigenvalue weighted by Gasteiger charge is -2.07. The van der Waals surface area contributed by atoms with E-state index in [2.05, 4.69) is 15.5 Å². The van der Waals surface area contributed by atoms with Crippen molar-refractivity contribution >= 4 is 22.5 Å². The van der Waals surface area contributed by atoms with Crippen LogP contribution < -0.4 is 5.43 Å². The molecule has 0 unspecified atom stereocenters. The van der Waals surface area contributed by atoms with E-state index in [-0.39, 0.29) is 5.17 Å². The van der Waals surface area contributed by atoms with Crippen LogP contribution >= 0.6 is 11.6 Å². The number of rotatable bonds is 3. The Hall–Kier alpha value is -2.08. The SMILES string of the molecule is FC(F)(F)c1ccc(NN=C(Cl)c2ccncc2)cc1. The molecule has 1 N–H and O–H groups in total. The second-order valence-corrected chi connectivity index (χ2v) is 4.18. The van der Waals surface area contributed by atoms with Crippen molar-refractivity contribution in [1.82, 2.24) is 4.98 Å². The van der Waals surface area contributed by atoms with Crippen molar-refractivity contribution in [2.75, 3.05) is 5.43 Å². The molecule has 0 bridgehead atoms. The van der Waals surface area contributed by atoms with Crippen LogP contribution in [0.3, 0.4) is 0 Å². The Morgan fingerprint density at radius 2 is 1.65 bits per heavy atom. The maximum Gasteiger partial charge on any atom is 0.416 e. The van der Waals surface area contributed by atoms with Gasteiger partial charge < -0.3 is 0 Å². The van der Waals surface area contributed by atoms with E-state index < -0.39 is 11.7 Å². The van der Waals surface area contributed by atoms with Crippen molar-refractivity contribution in [2.24, 2.45) is 5.10 Å². The highest BCUT2D eigenvalue weighted by Gasteiger charge is 2.29. The zero-order valence-electron chi connectivity index (χ0n) is 10.0. The Balaban J connectivity index is 2.08. The van der Waals surface area contributed by atoms with E-state index in [1.165, 1.54) is 12.1 Å². The van der Waals surface area contributed by atoms with Gasteiger partial charge in [-0.15, -0.1) is 0 Å². The molecule has 1 aromatic carbocycles. The Labute approximate surface area is 118 Å². The minimum absolute atomic E-state index is 0.187. The number of hydrogen-bond acceptors (Lipinski definition) is 3. The molecule has 0 aliphatic heterocycles. The zero-order chi connectivity index (χ0) is 14.6. The van der Waals surface area contributed by atoms with Crippen molar-refractivity contribution in [3.63, 3.8) is 0 Å². The highest BCUT2D eigenvalue weighted by Crippen LogP contribution is 2.29. The standard InChI is InChI=1S/C13H9ClF3N3/c14-12(9-5-7-18-8-6-9)20-19-11-3-1-10(2-4-11)13(15,16)17/h1-8,19H. The predicted octanol–water partition coefficient (Wildman–Crippen LogP) is 4.11. The van der Waals surface area contributed by atoms with Gasteiger partial charge in [0.25, 0.3) is 0 Å². The molecule has 0 radical (unpaired) electrons. The first-order valence-corrected chi connectivity index (χ1v) is 5.91. The van der Waals surface area contributed by atoms with E-state index >= 15 is 0 Å². The van der Waals surface area contributed by atoms with Crippen molar-refractivity contribution in [1.29, 1.82) is 0 Å². The summed E-state index contributed by atoms with van der Waals surface area (Å²) < 4.78 is 37.1. The second-order valence-electron chi connectivity index (χ2n) is 3.83. The summed E-state index contributed by atoms with van der Waals surface area (Å²) in [5.74, 6) is 0. The smallest absolute Gasteiger partial charge is 0.277 e. The number of pyridine rings is 1. The van der Waals surface area contributed by atoms with Crippen LogP contribution in [-0.4, -0.2) is 10.2 Å². The lowest BCUT2D eigenvalue weighted by molar-refractivity contribution is -0.137. The van der Waals surface area contributed by atoms with Crippen LogP contribution in [0.2, 0.25) is 0 Å². The third-order valence-electron chi connectivity index (χ3n) is 2.41. The molecule has 0 aliphatic rings. The number of halogens is 4. The van der Waals surface area contributed by atoms with Gasteiger partial charge in [-0.1, -0.05) is 11.6 Å². The highest BCUT2D eigenvalue weighted by atomic mass is 35.5. The largest absolute Gasteiger partial charge is 0.416 e. The minimum Gasteiger partial charge on any atom is -0.277 e. The highest BCUT2D eigenvalue weighted by molar-refractivity contribution is 6.69. The molecular weight excluding hydrogens is 291 g/mol. The molecule has 104 valence electrons.